The highest BCUT2D eigenvalue weighted by Crippen LogP contribution is 2.37. The highest BCUT2D eigenvalue weighted by atomic mass is 16.5. The summed E-state index contributed by atoms with van der Waals surface area (Å²) in [5.41, 5.74) is 0.767. The summed E-state index contributed by atoms with van der Waals surface area (Å²) in [5, 5.41) is 5.52. The van der Waals surface area contributed by atoms with Crippen LogP contribution >= 0.6 is 0 Å². The largest absolute Gasteiger partial charge is 0.497 e. The fourth-order valence-corrected chi connectivity index (χ4v) is 2.92. The van der Waals surface area contributed by atoms with Crippen molar-refractivity contribution in [2.75, 3.05) is 37.6 Å². The molecule has 0 aliphatic rings. The molecular formula is C24H26N2O7. The maximum absolute atomic E-state index is 12.5. The summed E-state index contributed by atoms with van der Waals surface area (Å²) in [5.74, 6) is 1.18. The van der Waals surface area contributed by atoms with Crippen LogP contribution in [0.15, 0.2) is 59.2 Å². The topological polar surface area (TPSA) is 108 Å². The number of carbonyl (C=O) groups excluding carboxylic acids is 2. The summed E-state index contributed by atoms with van der Waals surface area (Å²) >= 11 is 0. The fourth-order valence-electron chi connectivity index (χ4n) is 2.92. The smallest absolute Gasteiger partial charge is 0.291 e. The Bertz CT molecular complexity index is 1080. The number of hydrogen-bond acceptors (Lipinski definition) is 7. The van der Waals surface area contributed by atoms with Gasteiger partial charge in [0, 0.05) is 18.2 Å². The molecule has 33 heavy (non-hydrogen) atoms. The highest BCUT2D eigenvalue weighted by molar-refractivity contribution is 6.04. The molecule has 0 saturated heterocycles. The molecule has 1 heterocycles. The zero-order valence-electron chi connectivity index (χ0n) is 18.7. The van der Waals surface area contributed by atoms with E-state index in [4.69, 9.17) is 23.4 Å². The van der Waals surface area contributed by atoms with Crippen LogP contribution in [0.2, 0.25) is 0 Å². The zero-order valence-corrected chi connectivity index (χ0v) is 18.7. The molecule has 0 spiro atoms. The van der Waals surface area contributed by atoms with Gasteiger partial charge in [-0.25, -0.2) is 0 Å². The van der Waals surface area contributed by atoms with E-state index in [-0.39, 0.29) is 12.4 Å². The molecule has 9 nitrogen and oxygen atoms in total. The normalized spacial score (nSPS) is 10.3. The van der Waals surface area contributed by atoms with E-state index in [0.717, 1.165) is 0 Å². The van der Waals surface area contributed by atoms with Gasteiger partial charge in [-0.15, -0.1) is 0 Å². The lowest BCUT2D eigenvalue weighted by Crippen LogP contribution is -2.21. The van der Waals surface area contributed by atoms with Gasteiger partial charge in [0.05, 0.1) is 38.0 Å². The number of methoxy groups -OCH3 is 1. The Morgan fingerprint density at radius 1 is 0.848 bits per heavy atom. The van der Waals surface area contributed by atoms with Crippen LogP contribution in [0.25, 0.3) is 0 Å². The minimum Gasteiger partial charge on any atom is -0.497 e. The van der Waals surface area contributed by atoms with Crippen LogP contribution in [-0.2, 0) is 4.79 Å². The van der Waals surface area contributed by atoms with Crippen LogP contribution in [0.1, 0.15) is 24.4 Å². The van der Waals surface area contributed by atoms with Crippen LogP contribution in [0.4, 0.5) is 11.4 Å². The first-order valence-electron chi connectivity index (χ1n) is 10.4. The molecule has 3 rings (SSSR count). The molecule has 0 atom stereocenters. The van der Waals surface area contributed by atoms with Crippen molar-refractivity contribution in [3.8, 4) is 23.0 Å². The van der Waals surface area contributed by atoms with E-state index in [0.29, 0.717) is 47.6 Å². The Hall–Kier alpha value is -4.14. The first kappa shape index (κ1) is 23.5. The van der Waals surface area contributed by atoms with Crippen molar-refractivity contribution in [1.82, 2.24) is 0 Å². The zero-order chi connectivity index (χ0) is 23.6. The SMILES string of the molecule is CCOc1cc(NC(=O)c2ccco2)c(OCC)cc1NC(=O)COc1cccc(OC)c1. The van der Waals surface area contributed by atoms with Crippen molar-refractivity contribution in [2.45, 2.75) is 13.8 Å². The van der Waals surface area contributed by atoms with E-state index in [2.05, 4.69) is 10.6 Å². The minimum absolute atomic E-state index is 0.155. The minimum atomic E-state index is -0.438. The molecule has 0 aliphatic carbocycles. The average molecular weight is 454 g/mol. The first-order valence-corrected chi connectivity index (χ1v) is 10.4. The maximum Gasteiger partial charge on any atom is 0.291 e. The molecule has 0 aliphatic heterocycles. The Morgan fingerprint density at radius 3 is 2.12 bits per heavy atom. The van der Waals surface area contributed by atoms with Gasteiger partial charge >= 0.3 is 0 Å². The van der Waals surface area contributed by atoms with Crippen molar-refractivity contribution in [2.24, 2.45) is 0 Å². The molecule has 2 N–H and O–H groups in total. The number of ether oxygens (including phenoxy) is 4. The molecule has 174 valence electrons. The number of carbonyl (C=O) groups is 2. The van der Waals surface area contributed by atoms with Gasteiger partial charge < -0.3 is 34.0 Å². The molecule has 9 heteroatoms. The molecule has 2 amide bonds. The van der Waals surface area contributed by atoms with E-state index in [1.54, 1.807) is 55.6 Å². The Labute approximate surface area is 191 Å². The second kappa shape index (κ2) is 11.5. The average Bonchev–Trinajstić information content (AvgIpc) is 3.36. The summed E-state index contributed by atoms with van der Waals surface area (Å²) in [6.07, 6.45) is 1.41. The number of furan rings is 1. The number of amides is 2. The van der Waals surface area contributed by atoms with E-state index >= 15 is 0 Å². The van der Waals surface area contributed by atoms with Gasteiger partial charge in [0.1, 0.15) is 23.0 Å². The summed E-state index contributed by atoms with van der Waals surface area (Å²) in [7, 11) is 1.55. The van der Waals surface area contributed by atoms with Crippen molar-refractivity contribution in [3.63, 3.8) is 0 Å². The summed E-state index contributed by atoms with van der Waals surface area (Å²) in [4.78, 5) is 25.0. The van der Waals surface area contributed by atoms with Crippen LogP contribution < -0.4 is 29.6 Å². The fraction of sp³-hybridized carbons (Fsp3) is 0.250. The molecule has 0 bridgehead atoms. The quantitative estimate of drug-likeness (QED) is 0.443. The van der Waals surface area contributed by atoms with Gasteiger partial charge in [0.25, 0.3) is 11.8 Å². The molecule has 0 radical (unpaired) electrons. The monoisotopic (exact) mass is 454 g/mol. The number of hydrogen-bond donors (Lipinski definition) is 2. The summed E-state index contributed by atoms with van der Waals surface area (Å²) in [6.45, 7) is 4.11. The van der Waals surface area contributed by atoms with Crippen LogP contribution in [0.3, 0.4) is 0 Å². The van der Waals surface area contributed by atoms with Crippen molar-refractivity contribution in [1.29, 1.82) is 0 Å². The van der Waals surface area contributed by atoms with Crippen molar-refractivity contribution in [3.05, 3.63) is 60.6 Å². The number of nitrogens with one attached hydrogen (secondary N) is 2. The summed E-state index contributed by atoms with van der Waals surface area (Å²) < 4.78 is 27.2. The highest BCUT2D eigenvalue weighted by Gasteiger charge is 2.18. The Kier molecular flexibility index (Phi) is 8.18. The van der Waals surface area contributed by atoms with E-state index in [9.17, 15) is 9.59 Å². The van der Waals surface area contributed by atoms with Crippen LogP contribution in [-0.4, -0.2) is 38.7 Å². The van der Waals surface area contributed by atoms with Crippen molar-refractivity contribution >= 4 is 23.2 Å². The molecule has 0 unspecified atom stereocenters. The molecule has 0 fully saturated rings. The van der Waals surface area contributed by atoms with Gasteiger partial charge in [-0.2, -0.15) is 0 Å². The second-order valence-electron chi connectivity index (χ2n) is 6.66. The Balaban J connectivity index is 1.77. The van der Waals surface area contributed by atoms with E-state index in [1.807, 2.05) is 13.8 Å². The van der Waals surface area contributed by atoms with Gasteiger partial charge in [-0.1, -0.05) is 6.07 Å². The predicted octanol–water partition coefficient (Wildman–Crippen LogP) is 4.36. The molecule has 1 aromatic heterocycles. The predicted molar refractivity (Wildman–Crippen MR) is 123 cm³/mol. The third-order valence-corrected chi connectivity index (χ3v) is 4.36. The lowest BCUT2D eigenvalue weighted by atomic mass is 10.2. The van der Waals surface area contributed by atoms with Crippen molar-refractivity contribution < 1.29 is 33.0 Å². The molecular weight excluding hydrogens is 428 g/mol. The van der Waals surface area contributed by atoms with E-state index in [1.165, 1.54) is 6.26 Å². The molecule has 3 aromatic rings. The lowest BCUT2D eigenvalue weighted by Gasteiger charge is -2.17. The maximum atomic E-state index is 12.5. The second-order valence-corrected chi connectivity index (χ2v) is 6.66. The first-order chi connectivity index (χ1) is 16.0. The van der Waals surface area contributed by atoms with Gasteiger partial charge in [0.2, 0.25) is 0 Å². The van der Waals surface area contributed by atoms with Crippen LogP contribution in [0, 0.1) is 0 Å². The van der Waals surface area contributed by atoms with Gasteiger partial charge in [-0.3, -0.25) is 9.59 Å². The number of rotatable bonds is 11. The summed E-state index contributed by atoms with van der Waals surface area (Å²) in [6, 6.07) is 13.3. The molecule has 2 aromatic carbocycles. The van der Waals surface area contributed by atoms with Gasteiger partial charge in [0.15, 0.2) is 12.4 Å². The van der Waals surface area contributed by atoms with Gasteiger partial charge in [-0.05, 0) is 38.1 Å². The number of anilines is 2. The van der Waals surface area contributed by atoms with E-state index < -0.39 is 11.8 Å². The third-order valence-electron chi connectivity index (χ3n) is 4.36. The Morgan fingerprint density at radius 2 is 1.52 bits per heavy atom. The lowest BCUT2D eigenvalue weighted by molar-refractivity contribution is -0.118. The van der Waals surface area contributed by atoms with Crippen LogP contribution in [0.5, 0.6) is 23.0 Å². The standard InChI is InChI=1S/C24H26N2O7/c1-4-30-21-14-19(26-24(28)20-10-7-11-32-20)22(31-5-2)13-18(21)25-23(27)15-33-17-9-6-8-16(12-17)29-3/h6-14H,4-5,15H2,1-3H3,(H,25,27)(H,26,28). The third kappa shape index (κ3) is 6.42. The molecule has 0 saturated carbocycles. The number of benzene rings is 2.